The topological polar surface area (TPSA) is 67.9 Å². The molecule has 0 heterocycles. The molecule has 0 aliphatic carbocycles. The van der Waals surface area contributed by atoms with Crippen molar-refractivity contribution in [2.45, 2.75) is 0 Å². The van der Waals surface area contributed by atoms with Crippen LogP contribution in [0, 0.1) is 0 Å². The fourth-order valence-corrected chi connectivity index (χ4v) is 2.06. The van der Waals surface area contributed by atoms with Gasteiger partial charge in [-0.2, -0.15) is 0 Å². The highest BCUT2D eigenvalue weighted by molar-refractivity contribution is 5.96. The standard InChI is InChI=1S/C18H20N2O4/c1-20(2)14-8-6-7-13(11-14)18(22)24-12-17(21)19-15-9-4-5-10-16(15)23-3/h4-11H,12H2,1-3H3,(H,19,21). The number of carbonyl (C=O) groups excluding carboxylic acids is 2. The van der Waals surface area contributed by atoms with Gasteiger partial charge in [0, 0.05) is 19.8 Å². The largest absolute Gasteiger partial charge is 0.495 e. The monoisotopic (exact) mass is 328 g/mol. The van der Waals surface area contributed by atoms with Gasteiger partial charge in [0.15, 0.2) is 6.61 Å². The van der Waals surface area contributed by atoms with Crippen molar-refractivity contribution >= 4 is 23.3 Å². The number of methoxy groups -OCH3 is 1. The average molecular weight is 328 g/mol. The highest BCUT2D eigenvalue weighted by Gasteiger charge is 2.12. The van der Waals surface area contributed by atoms with Crippen LogP contribution in [-0.2, 0) is 9.53 Å². The number of amides is 1. The lowest BCUT2D eigenvalue weighted by Crippen LogP contribution is -2.21. The highest BCUT2D eigenvalue weighted by Crippen LogP contribution is 2.22. The normalized spacial score (nSPS) is 9.96. The van der Waals surface area contributed by atoms with Crippen LogP contribution in [0.2, 0.25) is 0 Å². The van der Waals surface area contributed by atoms with E-state index in [1.165, 1.54) is 7.11 Å². The molecule has 0 atom stereocenters. The number of esters is 1. The molecule has 6 nitrogen and oxygen atoms in total. The van der Waals surface area contributed by atoms with Crippen molar-refractivity contribution in [3.05, 3.63) is 54.1 Å². The van der Waals surface area contributed by atoms with Crippen LogP contribution in [0.1, 0.15) is 10.4 Å². The SMILES string of the molecule is COc1ccccc1NC(=O)COC(=O)c1cccc(N(C)C)c1. The van der Waals surface area contributed by atoms with Crippen LogP contribution in [0.3, 0.4) is 0 Å². The van der Waals surface area contributed by atoms with Crippen molar-refractivity contribution in [2.24, 2.45) is 0 Å². The maximum absolute atomic E-state index is 12.1. The van der Waals surface area contributed by atoms with Crippen LogP contribution in [0.5, 0.6) is 5.75 Å². The summed E-state index contributed by atoms with van der Waals surface area (Å²) in [5.41, 5.74) is 1.80. The Bertz CT molecular complexity index is 728. The Hall–Kier alpha value is -3.02. The summed E-state index contributed by atoms with van der Waals surface area (Å²) < 4.78 is 10.2. The van der Waals surface area contributed by atoms with Crippen LogP contribution in [0.15, 0.2) is 48.5 Å². The van der Waals surface area contributed by atoms with Crippen molar-refractivity contribution in [3.8, 4) is 5.75 Å². The van der Waals surface area contributed by atoms with Crippen molar-refractivity contribution in [1.82, 2.24) is 0 Å². The minimum absolute atomic E-state index is 0.372. The molecule has 0 aromatic heterocycles. The van der Waals surface area contributed by atoms with E-state index in [1.54, 1.807) is 42.5 Å². The molecule has 6 heteroatoms. The Balaban J connectivity index is 1.94. The first-order valence-electron chi connectivity index (χ1n) is 7.38. The van der Waals surface area contributed by atoms with E-state index in [4.69, 9.17) is 9.47 Å². The number of nitrogens with one attached hydrogen (secondary N) is 1. The summed E-state index contributed by atoms with van der Waals surface area (Å²) in [7, 11) is 5.28. The molecule has 0 aliphatic rings. The summed E-state index contributed by atoms with van der Waals surface area (Å²) in [5.74, 6) is -0.443. The molecule has 2 aromatic carbocycles. The zero-order chi connectivity index (χ0) is 17.5. The molecule has 0 bridgehead atoms. The predicted molar refractivity (Wildman–Crippen MR) is 92.7 cm³/mol. The summed E-state index contributed by atoms with van der Waals surface area (Å²) in [5, 5.41) is 2.65. The zero-order valence-corrected chi connectivity index (χ0v) is 13.9. The molecule has 0 aliphatic heterocycles. The Morgan fingerprint density at radius 2 is 1.83 bits per heavy atom. The average Bonchev–Trinajstić information content (AvgIpc) is 2.60. The van der Waals surface area contributed by atoms with Crippen molar-refractivity contribution in [2.75, 3.05) is 38.0 Å². The smallest absolute Gasteiger partial charge is 0.338 e. The molecule has 2 aromatic rings. The number of hydrogen-bond donors (Lipinski definition) is 1. The van der Waals surface area contributed by atoms with Crippen LogP contribution in [0.25, 0.3) is 0 Å². The van der Waals surface area contributed by atoms with Gasteiger partial charge in [-0.15, -0.1) is 0 Å². The quantitative estimate of drug-likeness (QED) is 0.826. The number of rotatable bonds is 6. The second kappa shape index (κ2) is 8.01. The van der Waals surface area contributed by atoms with E-state index >= 15 is 0 Å². The predicted octanol–water partition coefficient (Wildman–Crippen LogP) is 2.56. The first kappa shape index (κ1) is 17.3. The highest BCUT2D eigenvalue weighted by atomic mass is 16.5. The Kier molecular flexibility index (Phi) is 5.78. The lowest BCUT2D eigenvalue weighted by molar-refractivity contribution is -0.119. The molecular weight excluding hydrogens is 308 g/mol. The molecular formula is C18H20N2O4. The number of nitrogens with zero attached hydrogens (tertiary/aromatic N) is 1. The summed E-state index contributed by atoms with van der Waals surface area (Å²) >= 11 is 0. The maximum Gasteiger partial charge on any atom is 0.338 e. The van der Waals surface area contributed by atoms with Gasteiger partial charge in [-0.3, -0.25) is 4.79 Å². The number of ether oxygens (including phenoxy) is 2. The second-order valence-corrected chi connectivity index (χ2v) is 5.27. The number of benzene rings is 2. The van der Waals surface area contributed by atoms with Crippen molar-refractivity contribution < 1.29 is 19.1 Å². The molecule has 0 saturated heterocycles. The van der Waals surface area contributed by atoms with E-state index in [9.17, 15) is 9.59 Å². The van der Waals surface area contributed by atoms with Crippen molar-refractivity contribution in [1.29, 1.82) is 0 Å². The van der Waals surface area contributed by atoms with Crippen LogP contribution in [-0.4, -0.2) is 39.7 Å². The third-order valence-electron chi connectivity index (χ3n) is 3.31. The van der Waals surface area contributed by atoms with Gasteiger partial charge >= 0.3 is 5.97 Å². The maximum atomic E-state index is 12.1. The number of anilines is 2. The third kappa shape index (κ3) is 4.49. The van der Waals surface area contributed by atoms with E-state index in [2.05, 4.69) is 5.32 Å². The summed E-state index contributed by atoms with van der Waals surface area (Å²) in [6.45, 7) is -0.372. The van der Waals surface area contributed by atoms with Gasteiger partial charge < -0.3 is 19.7 Å². The number of para-hydroxylation sites is 2. The Morgan fingerprint density at radius 3 is 2.54 bits per heavy atom. The Labute approximate surface area is 141 Å². The molecule has 0 radical (unpaired) electrons. The number of carbonyl (C=O) groups is 2. The van der Waals surface area contributed by atoms with E-state index in [1.807, 2.05) is 25.1 Å². The molecule has 126 valence electrons. The van der Waals surface area contributed by atoms with Gasteiger partial charge in [0.25, 0.3) is 5.91 Å². The lowest BCUT2D eigenvalue weighted by atomic mass is 10.2. The molecule has 24 heavy (non-hydrogen) atoms. The van der Waals surface area contributed by atoms with E-state index in [-0.39, 0.29) is 6.61 Å². The van der Waals surface area contributed by atoms with Gasteiger partial charge in [0.1, 0.15) is 5.75 Å². The van der Waals surface area contributed by atoms with Crippen LogP contribution >= 0.6 is 0 Å². The molecule has 0 unspecified atom stereocenters. The van der Waals surface area contributed by atoms with Gasteiger partial charge in [-0.1, -0.05) is 18.2 Å². The molecule has 2 rings (SSSR count). The molecule has 1 amide bonds. The summed E-state index contributed by atoms with van der Waals surface area (Å²) in [4.78, 5) is 25.9. The minimum atomic E-state index is -0.547. The van der Waals surface area contributed by atoms with Crippen molar-refractivity contribution in [3.63, 3.8) is 0 Å². The minimum Gasteiger partial charge on any atom is -0.495 e. The van der Waals surface area contributed by atoms with Gasteiger partial charge in [0.05, 0.1) is 18.4 Å². The fraction of sp³-hybridized carbons (Fsp3) is 0.222. The van der Waals surface area contributed by atoms with Crippen LogP contribution in [0.4, 0.5) is 11.4 Å². The van der Waals surface area contributed by atoms with E-state index in [0.717, 1.165) is 5.69 Å². The van der Waals surface area contributed by atoms with Crippen LogP contribution < -0.4 is 15.0 Å². The van der Waals surface area contributed by atoms with Gasteiger partial charge in [-0.25, -0.2) is 4.79 Å². The first-order chi connectivity index (χ1) is 11.5. The second-order valence-electron chi connectivity index (χ2n) is 5.27. The van der Waals surface area contributed by atoms with E-state index < -0.39 is 11.9 Å². The fourth-order valence-electron chi connectivity index (χ4n) is 2.06. The summed E-state index contributed by atoms with van der Waals surface area (Å²) in [6, 6.07) is 14.0. The third-order valence-corrected chi connectivity index (χ3v) is 3.31. The first-order valence-corrected chi connectivity index (χ1v) is 7.38. The zero-order valence-electron chi connectivity index (χ0n) is 13.9. The van der Waals surface area contributed by atoms with Gasteiger partial charge in [0.2, 0.25) is 0 Å². The molecule has 1 N–H and O–H groups in total. The Morgan fingerprint density at radius 1 is 1.08 bits per heavy atom. The summed E-state index contributed by atoms with van der Waals surface area (Å²) in [6.07, 6.45) is 0. The molecule has 0 spiro atoms. The lowest BCUT2D eigenvalue weighted by Gasteiger charge is -2.13. The molecule has 0 saturated carbocycles. The van der Waals surface area contributed by atoms with Gasteiger partial charge in [-0.05, 0) is 30.3 Å². The number of hydrogen-bond acceptors (Lipinski definition) is 5. The van der Waals surface area contributed by atoms with E-state index in [0.29, 0.717) is 17.0 Å². The molecule has 0 fully saturated rings.